The van der Waals surface area contributed by atoms with E-state index in [1.165, 1.54) is 24.1 Å². The maximum Gasteiger partial charge on any atom is 0.348 e. The number of carbonyl (C=O) groups is 2. The number of carbonyl (C=O) groups excluding carboxylic acids is 2. The lowest BCUT2D eigenvalue weighted by atomic mass is 10.2. The van der Waals surface area contributed by atoms with Gasteiger partial charge in [-0.3, -0.25) is 14.8 Å². The highest BCUT2D eigenvalue weighted by molar-refractivity contribution is 5.86. The van der Waals surface area contributed by atoms with Crippen molar-refractivity contribution in [2.75, 3.05) is 14.1 Å². The van der Waals surface area contributed by atoms with Crippen LogP contribution in [0, 0.1) is 0 Å². The fourth-order valence-corrected chi connectivity index (χ4v) is 1.13. The minimum absolute atomic E-state index is 0.293. The quantitative estimate of drug-likeness (QED) is 0.451. The first-order valence-electron chi connectivity index (χ1n) is 3.74. The normalized spacial score (nSPS) is 21.9. The van der Waals surface area contributed by atoms with E-state index < -0.39 is 11.6 Å². The number of primary amides is 1. The summed E-state index contributed by atoms with van der Waals surface area (Å²) in [5, 5.41) is 2.39. The zero-order valence-corrected chi connectivity index (χ0v) is 7.79. The summed E-state index contributed by atoms with van der Waals surface area (Å²) in [5.41, 5.74) is 9.27. The second-order valence-corrected chi connectivity index (χ2v) is 3.11. The van der Waals surface area contributed by atoms with E-state index in [2.05, 4.69) is 10.9 Å². The molecule has 1 rings (SSSR count). The average molecular weight is 187 g/mol. The molecular formula is C6H13N5O2. The van der Waals surface area contributed by atoms with E-state index in [0.717, 1.165) is 0 Å². The van der Waals surface area contributed by atoms with Crippen LogP contribution in [0.4, 0.5) is 4.79 Å². The summed E-state index contributed by atoms with van der Waals surface area (Å²) < 4.78 is 0. The summed E-state index contributed by atoms with van der Waals surface area (Å²) in [6.07, 6.45) is 0. The molecule has 13 heavy (non-hydrogen) atoms. The zero-order valence-electron chi connectivity index (χ0n) is 7.79. The fraction of sp³-hybridized carbons (Fsp3) is 0.667. The lowest BCUT2D eigenvalue weighted by Gasteiger charge is -2.42. The van der Waals surface area contributed by atoms with Gasteiger partial charge in [-0.25, -0.2) is 15.6 Å². The molecule has 3 amide bonds. The van der Waals surface area contributed by atoms with E-state index >= 15 is 0 Å². The number of nitrogens with two attached hydrogens (primary N) is 1. The van der Waals surface area contributed by atoms with Crippen LogP contribution in [-0.2, 0) is 4.79 Å². The Bertz CT molecular complexity index is 239. The molecule has 0 atom stereocenters. The monoisotopic (exact) mass is 187 g/mol. The largest absolute Gasteiger partial charge is 0.367 e. The van der Waals surface area contributed by atoms with Crippen LogP contribution in [0.1, 0.15) is 6.92 Å². The molecule has 74 valence electrons. The van der Waals surface area contributed by atoms with Crippen molar-refractivity contribution in [2.45, 2.75) is 12.6 Å². The van der Waals surface area contributed by atoms with Gasteiger partial charge in [-0.15, -0.1) is 0 Å². The third-order valence-corrected chi connectivity index (χ3v) is 1.85. The highest BCUT2D eigenvalue weighted by Crippen LogP contribution is 2.06. The van der Waals surface area contributed by atoms with Crippen LogP contribution in [-0.4, -0.2) is 41.7 Å². The Labute approximate surface area is 75.8 Å². The standard InChI is InChI=1S/C6H13N5O2/c1-6(4(7)12)8-10(2)5(13)11(3)9-6/h8-9H,1-3H3,(H2,7,12). The van der Waals surface area contributed by atoms with Crippen molar-refractivity contribution >= 4 is 11.9 Å². The number of hydrogen-bond acceptors (Lipinski definition) is 4. The SMILES string of the molecule is CN1NC(C)(C(N)=O)NN(C)C1=O. The molecule has 1 fully saturated rings. The minimum Gasteiger partial charge on any atom is -0.367 e. The van der Waals surface area contributed by atoms with Crippen LogP contribution < -0.4 is 16.6 Å². The van der Waals surface area contributed by atoms with Gasteiger partial charge in [0, 0.05) is 14.1 Å². The van der Waals surface area contributed by atoms with Gasteiger partial charge < -0.3 is 5.73 Å². The van der Waals surface area contributed by atoms with Crippen molar-refractivity contribution in [2.24, 2.45) is 5.73 Å². The molecule has 0 bridgehead atoms. The van der Waals surface area contributed by atoms with Crippen molar-refractivity contribution in [1.29, 1.82) is 0 Å². The van der Waals surface area contributed by atoms with Gasteiger partial charge in [0.05, 0.1) is 0 Å². The highest BCUT2D eigenvalue weighted by atomic mass is 16.2. The Morgan fingerprint density at radius 3 is 2.08 bits per heavy atom. The third kappa shape index (κ3) is 1.56. The predicted octanol–water partition coefficient (Wildman–Crippen LogP) is -1.81. The third-order valence-electron chi connectivity index (χ3n) is 1.85. The fourth-order valence-electron chi connectivity index (χ4n) is 1.13. The van der Waals surface area contributed by atoms with Crippen molar-refractivity contribution in [1.82, 2.24) is 20.9 Å². The number of rotatable bonds is 1. The molecule has 7 nitrogen and oxygen atoms in total. The topological polar surface area (TPSA) is 90.7 Å². The first-order valence-corrected chi connectivity index (χ1v) is 3.74. The molecule has 0 unspecified atom stereocenters. The Morgan fingerprint density at radius 1 is 1.38 bits per heavy atom. The second-order valence-electron chi connectivity index (χ2n) is 3.11. The predicted molar refractivity (Wildman–Crippen MR) is 44.8 cm³/mol. The minimum atomic E-state index is -1.13. The van der Waals surface area contributed by atoms with Gasteiger partial charge in [0.15, 0.2) is 5.66 Å². The Morgan fingerprint density at radius 2 is 1.77 bits per heavy atom. The molecule has 0 aromatic rings. The summed E-state index contributed by atoms with van der Waals surface area (Å²) in [7, 11) is 3.03. The Kier molecular flexibility index (Phi) is 2.14. The molecule has 1 aliphatic heterocycles. The molecule has 0 aliphatic carbocycles. The first-order chi connectivity index (χ1) is 5.87. The lowest BCUT2D eigenvalue weighted by Crippen LogP contribution is -2.76. The average Bonchev–Trinajstić information content (AvgIpc) is 2.00. The summed E-state index contributed by atoms with van der Waals surface area (Å²) in [6.45, 7) is 1.55. The molecular weight excluding hydrogens is 174 g/mol. The number of hydrogen-bond donors (Lipinski definition) is 3. The van der Waals surface area contributed by atoms with Crippen LogP contribution in [0.3, 0.4) is 0 Å². The molecule has 0 spiro atoms. The van der Waals surface area contributed by atoms with Gasteiger partial charge >= 0.3 is 6.03 Å². The molecule has 0 radical (unpaired) electrons. The number of amides is 3. The van der Waals surface area contributed by atoms with E-state index in [1.54, 1.807) is 6.92 Å². The molecule has 1 heterocycles. The number of nitrogens with one attached hydrogen (secondary N) is 2. The van der Waals surface area contributed by atoms with Gasteiger partial charge in [-0.2, -0.15) is 0 Å². The van der Waals surface area contributed by atoms with Gasteiger partial charge in [-0.1, -0.05) is 0 Å². The van der Waals surface area contributed by atoms with E-state index in [0.29, 0.717) is 0 Å². The summed E-state index contributed by atoms with van der Waals surface area (Å²) >= 11 is 0. The van der Waals surface area contributed by atoms with Crippen molar-refractivity contribution < 1.29 is 9.59 Å². The van der Waals surface area contributed by atoms with E-state index in [4.69, 9.17) is 5.73 Å². The Hall–Kier alpha value is -1.34. The summed E-state index contributed by atoms with van der Waals surface area (Å²) in [6, 6.07) is -0.293. The molecule has 0 saturated carbocycles. The molecule has 4 N–H and O–H groups in total. The summed E-state index contributed by atoms with van der Waals surface area (Å²) in [5.74, 6) is -0.585. The molecule has 1 saturated heterocycles. The number of nitrogens with zero attached hydrogens (tertiary/aromatic N) is 2. The summed E-state index contributed by atoms with van der Waals surface area (Å²) in [4.78, 5) is 22.2. The highest BCUT2D eigenvalue weighted by Gasteiger charge is 2.40. The van der Waals surface area contributed by atoms with Gasteiger partial charge in [0.25, 0.3) is 5.91 Å². The van der Waals surface area contributed by atoms with Gasteiger partial charge in [0.1, 0.15) is 0 Å². The number of hydrazine groups is 2. The van der Waals surface area contributed by atoms with Crippen molar-refractivity contribution in [3.8, 4) is 0 Å². The van der Waals surface area contributed by atoms with Crippen LogP contribution in [0.5, 0.6) is 0 Å². The number of urea groups is 1. The maximum atomic E-state index is 11.2. The van der Waals surface area contributed by atoms with E-state index in [1.807, 2.05) is 0 Å². The van der Waals surface area contributed by atoms with Crippen LogP contribution in [0.25, 0.3) is 0 Å². The van der Waals surface area contributed by atoms with Crippen molar-refractivity contribution in [3.05, 3.63) is 0 Å². The first kappa shape index (κ1) is 9.75. The zero-order chi connectivity index (χ0) is 10.2. The van der Waals surface area contributed by atoms with Gasteiger partial charge in [0.2, 0.25) is 0 Å². The molecule has 0 aromatic heterocycles. The Balaban J connectivity index is 2.85. The molecule has 7 heteroatoms. The maximum absolute atomic E-state index is 11.2. The van der Waals surface area contributed by atoms with Crippen LogP contribution in [0.15, 0.2) is 0 Å². The smallest absolute Gasteiger partial charge is 0.348 e. The molecule has 1 aliphatic rings. The lowest BCUT2D eigenvalue weighted by molar-refractivity contribution is -0.131. The van der Waals surface area contributed by atoms with Crippen molar-refractivity contribution in [3.63, 3.8) is 0 Å². The van der Waals surface area contributed by atoms with E-state index in [9.17, 15) is 9.59 Å². The van der Waals surface area contributed by atoms with Crippen LogP contribution >= 0.6 is 0 Å². The second kappa shape index (κ2) is 2.86. The van der Waals surface area contributed by atoms with E-state index in [-0.39, 0.29) is 6.03 Å². The van der Waals surface area contributed by atoms with Crippen LogP contribution in [0.2, 0.25) is 0 Å². The molecule has 0 aromatic carbocycles. The van der Waals surface area contributed by atoms with Gasteiger partial charge in [-0.05, 0) is 6.92 Å².